The molecule has 5 nitrogen and oxygen atoms in total. The molecule has 0 aliphatic carbocycles. The summed E-state index contributed by atoms with van der Waals surface area (Å²) in [5, 5.41) is 4.15. The summed E-state index contributed by atoms with van der Waals surface area (Å²) < 4.78 is 12.1. The molecule has 0 aliphatic rings. The molecule has 1 atom stereocenters. The van der Waals surface area contributed by atoms with Gasteiger partial charge in [0.05, 0.1) is 26.5 Å². The highest BCUT2D eigenvalue weighted by atomic mass is 16.5. The van der Waals surface area contributed by atoms with Crippen LogP contribution in [-0.4, -0.2) is 24.0 Å². The van der Waals surface area contributed by atoms with Crippen molar-refractivity contribution in [1.29, 1.82) is 0 Å². The third-order valence-corrected chi connectivity index (χ3v) is 2.94. The molecule has 1 heterocycles. The quantitative estimate of drug-likeness (QED) is 0.889. The van der Waals surface area contributed by atoms with Gasteiger partial charge in [0, 0.05) is 7.05 Å². The molecule has 0 fully saturated rings. The molecule has 2 aromatic rings. The number of hydrogen-bond acceptors (Lipinski definition) is 4. The lowest BCUT2D eigenvalue weighted by molar-refractivity contribution is 0.405. The van der Waals surface area contributed by atoms with Crippen LogP contribution < -0.4 is 15.2 Å². The lowest BCUT2D eigenvalue weighted by Gasteiger charge is -2.14. The van der Waals surface area contributed by atoms with Crippen molar-refractivity contribution in [2.75, 3.05) is 14.2 Å². The fourth-order valence-corrected chi connectivity index (χ4v) is 1.91. The zero-order valence-electron chi connectivity index (χ0n) is 10.8. The first-order valence-electron chi connectivity index (χ1n) is 5.62. The van der Waals surface area contributed by atoms with Crippen molar-refractivity contribution in [2.45, 2.75) is 6.04 Å². The molecule has 0 amide bonds. The zero-order chi connectivity index (χ0) is 13.1. The van der Waals surface area contributed by atoms with Crippen molar-refractivity contribution in [3.05, 3.63) is 41.7 Å². The Labute approximate surface area is 106 Å². The van der Waals surface area contributed by atoms with E-state index in [0.717, 1.165) is 17.0 Å². The fraction of sp³-hybridized carbons (Fsp3) is 0.308. The Morgan fingerprint density at radius 3 is 2.39 bits per heavy atom. The number of nitrogens with zero attached hydrogens (tertiary/aromatic N) is 2. The summed E-state index contributed by atoms with van der Waals surface area (Å²) in [5.74, 6) is 1.50. The molecule has 0 spiro atoms. The molecule has 18 heavy (non-hydrogen) atoms. The monoisotopic (exact) mass is 247 g/mol. The van der Waals surface area contributed by atoms with Gasteiger partial charge in [-0.1, -0.05) is 12.1 Å². The molecule has 1 unspecified atom stereocenters. The highest BCUT2D eigenvalue weighted by Crippen LogP contribution is 2.28. The Kier molecular flexibility index (Phi) is 3.53. The van der Waals surface area contributed by atoms with E-state index in [1.807, 2.05) is 31.3 Å². The van der Waals surface area contributed by atoms with Gasteiger partial charge in [0.25, 0.3) is 0 Å². The molecule has 5 heteroatoms. The van der Waals surface area contributed by atoms with Crippen molar-refractivity contribution >= 4 is 0 Å². The van der Waals surface area contributed by atoms with Crippen molar-refractivity contribution in [1.82, 2.24) is 9.78 Å². The van der Waals surface area contributed by atoms with Crippen LogP contribution in [-0.2, 0) is 7.05 Å². The van der Waals surface area contributed by atoms with Gasteiger partial charge in [0.2, 0.25) is 0 Å². The Balaban J connectivity index is 2.34. The molecule has 0 saturated carbocycles. The number of nitrogens with two attached hydrogens (primary N) is 1. The van der Waals surface area contributed by atoms with Crippen LogP contribution >= 0.6 is 0 Å². The average Bonchev–Trinajstić information content (AvgIpc) is 2.79. The first-order valence-corrected chi connectivity index (χ1v) is 5.62. The standard InChI is InChI=1S/C13H17N3O2/c1-16-13(11(18-3)8-15-16)12(14)9-4-6-10(17-2)7-5-9/h4-8,12H,14H2,1-3H3. The van der Waals surface area contributed by atoms with E-state index >= 15 is 0 Å². The van der Waals surface area contributed by atoms with Crippen LogP contribution in [0, 0.1) is 0 Å². The number of rotatable bonds is 4. The van der Waals surface area contributed by atoms with Gasteiger partial charge in [0.15, 0.2) is 5.75 Å². The second-order valence-electron chi connectivity index (χ2n) is 3.97. The summed E-state index contributed by atoms with van der Waals surface area (Å²) in [4.78, 5) is 0. The normalized spacial score (nSPS) is 12.2. The Hall–Kier alpha value is -2.01. The topological polar surface area (TPSA) is 62.3 Å². The van der Waals surface area contributed by atoms with E-state index in [4.69, 9.17) is 15.2 Å². The minimum Gasteiger partial charge on any atom is -0.497 e. The highest BCUT2D eigenvalue weighted by Gasteiger charge is 2.18. The Bertz CT molecular complexity index is 520. The summed E-state index contributed by atoms with van der Waals surface area (Å²) in [5.41, 5.74) is 8.08. The maximum Gasteiger partial charge on any atom is 0.161 e. The lowest BCUT2D eigenvalue weighted by Crippen LogP contribution is -2.16. The molecule has 1 aromatic carbocycles. The van der Waals surface area contributed by atoms with Gasteiger partial charge in [-0.05, 0) is 17.7 Å². The maximum atomic E-state index is 6.25. The number of aromatic nitrogens is 2. The van der Waals surface area contributed by atoms with Crippen LogP contribution in [0.1, 0.15) is 17.3 Å². The van der Waals surface area contributed by atoms with Crippen molar-refractivity contribution < 1.29 is 9.47 Å². The van der Waals surface area contributed by atoms with E-state index in [0.29, 0.717) is 5.75 Å². The molecule has 2 N–H and O–H groups in total. The van der Waals surface area contributed by atoms with Gasteiger partial charge in [-0.3, -0.25) is 4.68 Å². The summed E-state index contributed by atoms with van der Waals surface area (Å²) in [6.45, 7) is 0. The van der Waals surface area contributed by atoms with Gasteiger partial charge in [-0.2, -0.15) is 5.10 Å². The molecule has 96 valence electrons. The molecule has 2 rings (SSSR count). The third kappa shape index (κ3) is 2.17. The average molecular weight is 247 g/mol. The largest absolute Gasteiger partial charge is 0.497 e. The summed E-state index contributed by atoms with van der Waals surface area (Å²) in [7, 11) is 5.10. The maximum absolute atomic E-state index is 6.25. The number of hydrogen-bond donors (Lipinski definition) is 1. The molecular formula is C13H17N3O2. The van der Waals surface area contributed by atoms with Crippen molar-refractivity contribution in [2.24, 2.45) is 12.8 Å². The van der Waals surface area contributed by atoms with E-state index in [1.54, 1.807) is 25.1 Å². The van der Waals surface area contributed by atoms with E-state index in [-0.39, 0.29) is 6.04 Å². The fourth-order valence-electron chi connectivity index (χ4n) is 1.91. The third-order valence-electron chi connectivity index (χ3n) is 2.94. The summed E-state index contributed by atoms with van der Waals surface area (Å²) >= 11 is 0. The van der Waals surface area contributed by atoms with Crippen molar-refractivity contribution in [3.8, 4) is 11.5 Å². The van der Waals surface area contributed by atoms with Gasteiger partial charge in [0.1, 0.15) is 11.4 Å². The molecule has 0 aliphatic heterocycles. The van der Waals surface area contributed by atoms with Crippen molar-refractivity contribution in [3.63, 3.8) is 0 Å². The number of ether oxygens (including phenoxy) is 2. The second-order valence-corrected chi connectivity index (χ2v) is 3.97. The zero-order valence-corrected chi connectivity index (χ0v) is 10.8. The number of aryl methyl sites for hydroxylation is 1. The molecule has 0 radical (unpaired) electrons. The van der Waals surface area contributed by atoms with E-state index in [2.05, 4.69) is 5.10 Å². The number of benzene rings is 1. The van der Waals surface area contributed by atoms with E-state index in [1.165, 1.54) is 0 Å². The molecule has 0 saturated heterocycles. The van der Waals surface area contributed by atoms with Crippen LogP contribution in [0.4, 0.5) is 0 Å². The predicted molar refractivity (Wildman–Crippen MR) is 68.8 cm³/mol. The second kappa shape index (κ2) is 5.10. The van der Waals surface area contributed by atoms with Crippen LogP contribution in [0.25, 0.3) is 0 Å². The molecule has 1 aromatic heterocycles. The first-order chi connectivity index (χ1) is 8.67. The Morgan fingerprint density at radius 1 is 1.17 bits per heavy atom. The summed E-state index contributed by atoms with van der Waals surface area (Å²) in [6.07, 6.45) is 1.67. The highest BCUT2D eigenvalue weighted by molar-refractivity contribution is 5.38. The van der Waals surface area contributed by atoms with Gasteiger partial charge in [-0.15, -0.1) is 0 Å². The first kappa shape index (κ1) is 12.4. The molecular weight excluding hydrogens is 230 g/mol. The minimum absolute atomic E-state index is 0.279. The van der Waals surface area contributed by atoms with Gasteiger partial charge < -0.3 is 15.2 Å². The van der Waals surface area contributed by atoms with Crippen LogP contribution in [0.3, 0.4) is 0 Å². The van der Waals surface area contributed by atoms with Gasteiger partial charge >= 0.3 is 0 Å². The molecule has 0 bridgehead atoms. The lowest BCUT2D eigenvalue weighted by atomic mass is 10.0. The Morgan fingerprint density at radius 2 is 1.83 bits per heavy atom. The van der Waals surface area contributed by atoms with E-state index < -0.39 is 0 Å². The minimum atomic E-state index is -0.279. The van der Waals surface area contributed by atoms with Crippen LogP contribution in [0.15, 0.2) is 30.5 Å². The van der Waals surface area contributed by atoms with Crippen LogP contribution in [0.2, 0.25) is 0 Å². The number of methoxy groups -OCH3 is 2. The smallest absolute Gasteiger partial charge is 0.161 e. The SMILES string of the molecule is COc1ccc(C(N)c2c(OC)cnn2C)cc1. The predicted octanol–water partition coefficient (Wildman–Crippen LogP) is 1.49. The summed E-state index contributed by atoms with van der Waals surface area (Å²) in [6, 6.07) is 7.38. The van der Waals surface area contributed by atoms with E-state index in [9.17, 15) is 0 Å². The van der Waals surface area contributed by atoms with Crippen LogP contribution in [0.5, 0.6) is 11.5 Å². The van der Waals surface area contributed by atoms with Gasteiger partial charge in [-0.25, -0.2) is 0 Å².